The van der Waals surface area contributed by atoms with Crippen LogP contribution >= 0.6 is 0 Å². The Morgan fingerprint density at radius 3 is 2.64 bits per heavy atom. The number of amides is 2. The summed E-state index contributed by atoms with van der Waals surface area (Å²) in [4.78, 5) is 25.5. The molecule has 176 valence electrons. The zero-order chi connectivity index (χ0) is 23.6. The minimum atomic E-state index is -2.78. The Morgan fingerprint density at radius 2 is 1.94 bits per heavy atom. The highest BCUT2D eigenvalue weighted by molar-refractivity contribution is 6.02. The third kappa shape index (κ3) is 4.71. The molecule has 0 spiro atoms. The first-order chi connectivity index (χ1) is 15.8. The molecule has 4 rings (SSSR count). The molecule has 0 aliphatic carbocycles. The van der Waals surface area contributed by atoms with Crippen molar-refractivity contribution in [3.63, 3.8) is 0 Å². The molecule has 2 aromatic rings. The van der Waals surface area contributed by atoms with Gasteiger partial charge in [-0.15, -0.1) is 0 Å². The van der Waals surface area contributed by atoms with E-state index in [9.17, 15) is 18.4 Å². The molecule has 0 saturated carbocycles. The van der Waals surface area contributed by atoms with E-state index in [2.05, 4.69) is 16.0 Å². The van der Waals surface area contributed by atoms with E-state index in [1.165, 1.54) is 13.1 Å². The summed E-state index contributed by atoms with van der Waals surface area (Å²) < 4.78 is 34.2. The van der Waals surface area contributed by atoms with E-state index < -0.39 is 17.7 Å². The van der Waals surface area contributed by atoms with Crippen LogP contribution in [-0.2, 0) is 0 Å². The minimum absolute atomic E-state index is 0.134. The molecule has 3 atom stereocenters. The first-order valence-corrected chi connectivity index (χ1v) is 11.3. The van der Waals surface area contributed by atoms with Gasteiger partial charge >= 0.3 is 0 Å². The lowest BCUT2D eigenvalue weighted by molar-refractivity contribution is -0.0754. The van der Waals surface area contributed by atoms with Crippen LogP contribution in [0, 0.1) is 5.92 Å². The van der Waals surface area contributed by atoms with Gasteiger partial charge in [0.25, 0.3) is 17.7 Å². The fourth-order valence-electron chi connectivity index (χ4n) is 4.77. The molecule has 1 fully saturated rings. The van der Waals surface area contributed by atoms with E-state index in [-0.39, 0.29) is 43.0 Å². The highest BCUT2D eigenvalue weighted by Crippen LogP contribution is 2.45. The van der Waals surface area contributed by atoms with Gasteiger partial charge in [-0.1, -0.05) is 30.3 Å². The van der Waals surface area contributed by atoms with Crippen LogP contribution in [0.5, 0.6) is 5.75 Å². The molecule has 0 bridgehead atoms. The summed E-state index contributed by atoms with van der Waals surface area (Å²) >= 11 is 0. The van der Waals surface area contributed by atoms with Gasteiger partial charge in [0.15, 0.2) is 0 Å². The van der Waals surface area contributed by atoms with E-state index in [1.54, 1.807) is 6.07 Å². The lowest BCUT2D eigenvalue weighted by Gasteiger charge is -2.31. The van der Waals surface area contributed by atoms with Crippen molar-refractivity contribution in [3.05, 3.63) is 64.7 Å². The molecule has 2 aliphatic rings. The fraction of sp³-hybridized carbons (Fsp3) is 0.440. The van der Waals surface area contributed by atoms with Crippen LogP contribution in [0.4, 0.5) is 8.78 Å². The summed E-state index contributed by atoms with van der Waals surface area (Å²) in [5.74, 6) is -3.95. The van der Waals surface area contributed by atoms with Crippen molar-refractivity contribution in [1.82, 2.24) is 16.0 Å². The Hall–Kier alpha value is -3.00. The summed E-state index contributed by atoms with van der Waals surface area (Å²) in [6.45, 7) is 2.29. The Labute approximate surface area is 192 Å². The van der Waals surface area contributed by atoms with E-state index in [0.717, 1.165) is 11.1 Å². The number of hydrogen-bond donors (Lipinski definition) is 3. The van der Waals surface area contributed by atoms with E-state index in [4.69, 9.17) is 4.74 Å². The van der Waals surface area contributed by atoms with Crippen molar-refractivity contribution < 1.29 is 23.1 Å². The Bertz CT molecular complexity index is 1030. The predicted molar refractivity (Wildman–Crippen MR) is 121 cm³/mol. The van der Waals surface area contributed by atoms with Gasteiger partial charge in [0.2, 0.25) is 0 Å². The van der Waals surface area contributed by atoms with Crippen molar-refractivity contribution in [1.29, 1.82) is 0 Å². The van der Waals surface area contributed by atoms with Crippen LogP contribution in [0.25, 0.3) is 0 Å². The van der Waals surface area contributed by atoms with E-state index in [1.807, 2.05) is 37.3 Å². The predicted octanol–water partition coefficient (Wildman–Crippen LogP) is 3.32. The summed E-state index contributed by atoms with van der Waals surface area (Å²) in [5, 5.41) is 8.07. The molecule has 2 aliphatic heterocycles. The molecule has 0 aromatic heterocycles. The molecular formula is C25H29F2N3O3. The maximum absolute atomic E-state index is 14.1. The first-order valence-electron chi connectivity index (χ1n) is 11.3. The smallest absolute Gasteiger partial charge is 0.263 e. The second-order valence-corrected chi connectivity index (χ2v) is 8.70. The number of nitrogens with one attached hydrogen (secondary N) is 3. The largest absolute Gasteiger partial charge is 0.489 e. The molecule has 3 unspecified atom stereocenters. The van der Waals surface area contributed by atoms with Crippen molar-refractivity contribution in [2.75, 3.05) is 26.7 Å². The molecular weight excluding hydrogens is 428 g/mol. The maximum Gasteiger partial charge on any atom is 0.263 e. The molecule has 6 nitrogen and oxygen atoms in total. The van der Waals surface area contributed by atoms with E-state index in [0.29, 0.717) is 24.3 Å². The van der Waals surface area contributed by atoms with Crippen molar-refractivity contribution in [2.24, 2.45) is 5.92 Å². The summed E-state index contributed by atoms with van der Waals surface area (Å²) in [6, 6.07) is 13.0. The van der Waals surface area contributed by atoms with Gasteiger partial charge in [0.05, 0.1) is 12.1 Å². The highest BCUT2D eigenvalue weighted by atomic mass is 19.3. The van der Waals surface area contributed by atoms with Crippen LogP contribution in [0.1, 0.15) is 57.5 Å². The Morgan fingerprint density at radius 1 is 1.18 bits per heavy atom. The molecule has 1 saturated heterocycles. The lowest BCUT2D eigenvalue weighted by atomic mass is 9.87. The Balaban J connectivity index is 1.58. The Kier molecular flexibility index (Phi) is 6.65. The molecule has 2 amide bonds. The first kappa shape index (κ1) is 23.2. The van der Waals surface area contributed by atoms with Gasteiger partial charge in [-0.3, -0.25) is 9.59 Å². The number of ether oxygens (including phenoxy) is 1. The second kappa shape index (κ2) is 9.47. The SMILES string of the molecule is CNC(=O)c1cc(C(=O)NCCC2CCNCC2(F)F)cc2c1OC(C)C2c1ccccc1. The quantitative estimate of drug-likeness (QED) is 0.622. The van der Waals surface area contributed by atoms with Gasteiger partial charge < -0.3 is 20.7 Å². The number of piperidine rings is 1. The average Bonchev–Trinajstić information content (AvgIpc) is 3.14. The van der Waals surface area contributed by atoms with Gasteiger partial charge in [0.1, 0.15) is 11.9 Å². The maximum atomic E-state index is 14.1. The molecule has 3 N–H and O–H groups in total. The normalized spacial score (nSPS) is 23.3. The van der Waals surface area contributed by atoms with Crippen molar-refractivity contribution in [2.45, 2.75) is 37.7 Å². The number of hydrogen-bond acceptors (Lipinski definition) is 4. The fourth-order valence-corrected chi connectivity index (χ4v) is 4.77. The summed E-state index contributed by atoms with van der Waals surface area (Å²) in [6.07, 6.45) is 0.350. The van der Waals surface area contributed by atoms with Gasteiger partial charge in [-0.2, -0.15) is 0 Å². The van der Waals surface area contributed by atoms with Crippen LogP contribution in [0.3, 0.4) is 0 Å². The van der Waals surface area contributed by atoms with Gasteiger partial charge in [0, 0.05) is 36.6 Å². The zero-order valence-electron chi connectivity index (χ0n) is 18.8. The lowest BCUT2D eigenvalue weighted by Crippen LogP contribution is -2.47. The number of halogens is 2. The third-order valence-electron chi connectivity index (χ3n) is 6.52. The molecule has 2 aromatic carbocycles. The summed E-state index contributed by atoms with van der Waals surface area (Å²) in [5.41, 5.74) is 2.39. The minimum Gasteiger partial charge on any atom is -0.489 e. The molecule has 8 heteroatoms. The molecule has 2 heterocycles. The van der Waals surface area contributed by atoms with Gasteiger partial charge in [-0.05, 0) is 44.0 Å². The summed E-state index contributed by atoms with van der Waals surface area (Å²) in [7, 11) is 1.52. The number of alkyl halides is 2. The van der Waals surface area contributed by atoms with Crippen LogP contribution < -0.4 is 20.7 Å². The highest BCUT2D eigenvalue weighted by Gasteiger charge is 2.41. The van der Waals surface area contributed by atoms with E-state index >= 15 is 0 Å². The molecule has 33 heavy (non-hydrogen) atoms. The topological polar surface area (TPSA) is 79.5 Å². The van der Waals surface area contributed by atoms with Crippen LogP contribution in [0.2, 0.25) is 0 Å². The number of benzene rings is 2. The van der Waals surface area contributed by atoms with Crippen molar-refractivity contribution in [3.8, 4) is 5.75 Å². The number of fused-ring (bicyclic) bond motifs is 1. The van der Waals surface area contributed by atoms with Crippen molar-refractivity contribution >= 4 is 11.8 Å². The third-order valence-corrected chi connectivity index (χ3v) is 6.52. The average molecular weight is 458 g/mol. The zero-order valence-corrected chi connectivity index (χ0v) is 18.8. The number of rotatable bonds is 6. The van der Waals surface area contributed by atoms with Crippen LogP contribution in [0.15, 0.2) is 42.5 Å². The molecule has 0 radical (unpaired) electrons. The van der Waals surface area contributed by atoms with Crippen LogP contribution in [-0.4, -0.2) is 50.5 Å². The number of carbonyl (C=O) groups is 2. The monoisotopic (exact) mass is 457 g/mol. The number of carbonyl (C=O) groups excluding carboxylic acids is 2. The second-order valence-electron chi connectivity index (χ2n) is 8.70. The van der Waals surface area contributed by atoms with Gasteiger partial charge in [-0.25, -0.2) is 8.78 Å². The standard InChI is InChI=1S/C25H29F2N3O3/c1-15-21(16-6-4-3-5-7-16)19-12-17(13-20(22(19)33-15)24(32)28-2)23(31)30-11-9-18-8-10-29-14-25(18,26)27/h3-7,12-13,15,18,21,29H,8-11,14H2,1-2H3,(H,28,32)(H,30,31).